The number of nitrogens with zero attached hydrogens (tertiary/aromatic N) is 4. The second-order valence-corrected chi connectivity index (χ2v) is 12.5. The number of aromatic nitrogens is 3. The van der Waals surface area contributed by atoms with Gasteiger partial charge in [0.05, 0.1) is 16.8 Å². The topological polar surface area (TPSA) is 119 Å². The number of rotatable bonds is 3. The van der Waals surface area contributed by atoms with Gasteiger partial charge in [-0.2, -0.15) is 4.98 Å². The lowest BCUT2D eigenvalue weighted by molar-refractivity contribution is 0.0270. The summed E-state index contributed by atoms with van der Waals surface area (Å²) in [6.45, 7) is 9.03. The highest BCUT2D eigenvalue weighted by Crippen LogP contribution is 2.41. The van der Waals surface area contributed by atoms with Crippen molar-refractivity contribution in [3.05, 3.63) is 52.3 Å². The standard InChI is InChI=1S/C29H29ClN6O4S/c1-15-13-31-23-22-17-5-8-21(34-19(17)6-7-20(22)41-24(23)25(37)33-15)39-26-18(14-32-27(30)35-26)16-9-11-36(12-10-16)28(38)40-29(2,3)4/h5-9,14-15,31H,10-13H2,1-4H3,(H,33,37)/t15-/m1/s1. The van der Waals surface area contributed by atoms with Crippen LogP contribution in [0, 0.1) is 0 Å². The maximum absolute atomic E-state index is 12.7. The summed E-state index contributed by atoms with van der Waals surface area (Å²) in [5.41, 5.74) is 2.63. The minimum atomic E-state index is -0.559. The number of carbonyl (C=O) groups excluding carboxylic acids is 2. The molecule has 0 saturated carbocycles. The number of fused-ring (bicyclic) bond motifs is 5. The van der Waals surface area contributed by atoms with E-state index >= 15 is 0 Å². The van der Waals surface area contributed by atoms with Gasteiger partial charge in [0.15, 0.2) is 0 Å². The average molecular weight is 593 g/mol. The van der Waals surface area contributed by atoms with E-state index in [1.54, 1.807) is 17.2 Å². The molecule has 1 aromatic carbocycles. The van der Waals surface area contributed by atoms with Crippen LogP contribution in [0.1, 0.15) is 49.4 Å². The first-order chi connectivity index (χ1) is 19.6. The second-order valence-electron chi connectivity index (χ2n) is 11.1. The first-order valence-corrected chi connectivity index (χ1v) is 14.5. The van der Waals surface area contributed by atoms with Gasteiger partial charge >= 0.3 is 6.09 Å². The Morgan fingerprint density at radius 2 is 2.02 bits per heavy atom. The molecular formula is C29H29ClN6O4S. The molecule has 6 rings (SSSR count). The van der Waals surface area contributed by atoms with Crippen molar-refractivity contribution in [2.45, 2.75) is 45.8 Å². The summed E-state index contributed by atoms with van der Waals surface area (Å²) in [6.07, 6.45) is 3.80. The van der Waals surface area contributed by atoms with Gasteiger partial charge in [-0.1, -0.05) is 6.08 Å². The van der Waals surface area contributed by atoms with Gasteiger partial charge in [0.1, 0.15) is 10.5 Å². The number of halogens is 1. The number of hydrogen-bond acceptors (Lipinski definition) is 9. The first kappa shape index (κ1) is 27.2. The second kappa shape index (κ2) is 10.5. The van der Waals surface area contributed by atoms with E-state index in [4.69, 9.17) is 26.1 Å². The summed E-state index contributed by atoms with van der Waals surface area (Å²) >= 11 is 7.61. The molecule has 0 spiro atoms. The zero-order valence-corrected chi connectivity index (χ0v) is 24.7. The fourth-order valence-electron chi connectivity index (χ4n) is 4.91. The van der Waals surface area contributed by atoms with Crippen LogP contribution in [-0.4, -0.2) is 63.1 Å². The number of thiophene rings is 1. The molecule has 2 aliphatic rings. The summed E-state index contributed by atoms with van der Waals surface area (Å²) in [7, 11) is 0. The van der Waals surface area contributed by atoms with Crippen molar-refractivity contribution in [1.82, 2.24) is 25.2 Å². The van der Waals surface area contributed by atoms with Crippen molar-refractivity contribution in [2.75, 3.05) is 25.0 Å². The molecule has 4 aromatic rings. The Morgan fingerprint density at radius 3 is 2.78 bits per heavy atom. The van der Waals surface area contributed by atoms with E-state index in [0.717, 1.165) is 32.2 Å². The SMILES string of the molecule is C[C@@H]1CNc2c(sc3ccc4nc(Oc5nc(Cl)ncc5C5=CCN(C(=O)OC(C)(C)C)CC5)ccc4c23)C(=O)N1. The Hall–Kier alpha value is -3.96. The Morgan fingerprint density at radius 1 is 1.20 bits per heavy atom. The smallest absolute Gasteiger partial charge is 0.410 e. The molecule has 0 radical (unpaired) electrons. The molecule has 212 valence electrons. The van der Waals surface area contributed by atoms with Crippen LogP contribution < -0.4 is 15.4 Å². The van der Waals surface area contributed by atoms with Crippen molar-refractivity contribution in [1.29, 1.82) is 0 Å². The van der Waals surface area contributed by atoms with E-state index in [0.29, 0.717) is 42.4 Å². The molecule has 3 aromatic heterocycles. The lowest BCUT2D eigenvalue weighted by Gasteiger charge is -2.29. The predicted molar refractivity (Wildman–Crippen MR) is 160 cm³/mol. The third-order valence-electron chi connectivity index (χ3n) is 6.80. The van der Waals surface area contributed by atoms with Gasteiger partial charge in [-0.25, -0.2) is 14.8 Å². The maximum atomic E-state index is 12.7. The molecule has 0 bridgehead atoms. The van der Waals surface area contributed by atoms with E-state index in [1.165, 1.54) is 11.3 Å². The fourth-order valence-corrected chi connectivity index (χ4v) is 6.14. The van der Waals surface area contributed by atoms with Gasteiger partial charge in [0.25, 0.3) is 5.91 Å². The zero-order valence-electron chi connectivity index (χ0n) is 23.1. The Labute approximate surface area is 245 Å². The Kier molecular flexibility index (Phi) is 6.95. The number of pyridine rings is 1. The molecule has 12 heteroatoms. The van der Waals surface area contributed by atoms with E-state index in [-0.39, 0.29) is 29.2 Å². The number of anilines is 1. The number of carbonyl (C=O) groups is 2. The molecule has 0 aliphatic carbocycles. The number of nitrogens with one attached hydrogen (secondary N) is 2. The molecule has 5 heterocycles. The molecule has 0 unspecified atom stereocenters. The summed E-state index contributed by atoms with van der Waals surface area (Å²) in [6, 6.07) is 7.65. The molecule has 10 nitrogen and oxygen atoms in total. The van der Waals surface area contributed by atoms with Gasteiger partial charge in [-0.3, -0.25) is 4.79 Å². The van der Waals surface area contributed by atoms with E-state index in [2.05, 4.69) is 20.6 Å². The summed E-state index contributed by atoms with van der Waals surface area (Å²) in [4.78, 5) is 40.8. The third-order valence-corrected chi connectivity index (χ3v) is 8.13. The Bertz CT molecular complexity index is 1730. The summed E-state index contributed by atoms with van der Waals surface area (Å²) < 4.78 is 12.7. The highest BCUT2D eigenvalue weighted by molar-refractivity contribution is 7.21. The molecule has 2 amide bonds. The lowest BCUT2D eigenvalue weighted by Crippen LogP contribution is -2.39. The average Bonchev–Trinajstić information content (AvgIpc) is 3.24. The molecular weight excluding hydrogens is 564 g/mol. The van der Waals surface area contributed by atoms with E-state index in [1.807, 2.05) is 52.0 Å². The predicted octanol–water partition coefficient (Wildman–Crippen LogP) is 6.25. The minimum absolute atomic E-state index is 0.0267. The largest absolute Gasteiger partial charge is 0.444 e. The summed E-state index contributed by atoms with van der Waals surface area (Å²) in [5.74, 6) is 0.561. The van der Waals surface area contributed by atoms with Gasteiger partial charge < -0.3 is 25.0 Å². The van der Waals surface area contributed by atoms with Gasteiger partial charge in [-0.05, 0) is 69.5 Å². The van der Waals surface area contributed by atoms with E-state index < -0.39 is 5.60 Å². The molecule has 2 N–H and O–H groups in total. The molecule has 1 atom stereocenters. The number of hydrogen-bond donors (Lipinski definition) is 2. The van der Waals surface area contributed by atoms with Gasteiger partial charge in [0, 0.05) is 53.4 Å². The van der Waals surface area contributed by atoms with Crippen LogP contribution in [0.2, 0.25) is 5.28 Å². The highest BCUT2D eigenvalue weighted by Gasteiger charge is 2.27. The maximum Gasteiger partial charge on any atom is 0.410 e. The van der Waals surface area contributed by atoms with E-state index in [9.17, 15) is 9.59 Å². The van der Waals surface area contributed by atoms with Crippen molar-refractivity contribution in [2.24, 2.45) is 0 Å². The fraction of sp³-hybridized carbons (Fsp3) is 0.345. The van der Waals surface area contributed by atoms with Crippen LogP contribution in [0.15, 0.2) is 36.5 Å². The number of amides is 2. The van der Waals surface area contributed by atoms with Crippen LogP contribution in [0.4, 0.5) is 10.5 Å². The molecule has 2 aliphatic heterocycles. The van der Waals surface area contributed by atoms with Gasteiger partial charge in [0.2, 0.25) is 17.0 Å². The molecule has 0 saturated heterocycles. The zero-order chi connectivity index (χ0) is 28.9. The summed E-state index contributed by atoms with van der Waals surface area (Å²) in [5, 5.41) is 8.40. The van der Waals surface area contributed by atoms with Crippen molar-refractivity contribution >= 4 is 67.2 Å². The van der Waals surface area contributed by atoms with Crippen molar-refractivity contribution in [3.63, 3.8) is 0 Å². The highest BCUT2D eigenvalue weighted by atomic mass is 35.5. The van der Waals surface area contributed by atoms with Crippen LogP contribution in [-0.2, 0) is 4.74 Å². The first-order valence-electron chi connectivity index (χ1n) is 13.3. The van der Waals surface area contributed by atoms with Crippen LogP contribution in [0.25, 0.3) is 26.6 Å². The van der Waals surface area contributed by atoms with Gasteiger partial charge in [-0.15, -0.1) is 11.3 Å². The quantitative estimate of drug-likeness (QED) is 0.268. The Balaban J connectivity index is 1.29. The normalized spacial score (nSPS) is 17.4. The molecule has 0 fully saturated rings. The van der Waals surface area contributed by atoms with Crippen molar-refractivity contribution < 1.29 is 19.1 Å². The van der Waals surface area contributed by atoms with Crippen LogP contribution >= 0.6 is 22.9 Å². The van der Waals surface area contributed by atoms with Crippen molar-refractivity contribution in [3.8, 4) is 11.8 Å². The number of benzene rings is 1. The lowest BCUT2D eigenvalue weighted by atomic mass is 10.0. The van der Waals surface area contributed by atoms with Crippen LogP contribution in [0.5, 0.6) is 11.8 Å². The monoisotopic (exact) mass is 592 g/mol. The number of ether oxygens (including phenoxy) is 2. The van der Waals surface area contributed by atoms with Crippen LogP contribution in [0.3, 0.4) is 0 Å². The molecule has 41 heavy (non-hydrogen) atoms. The third kappa shape index (κ3) is 5.51. The minimum Gasteiger partial charge on any atom is -0.444 e.